The number of pyridine rings is 1. The van der Waals surface area contributed by atoms with Gasteiger partial charge in [-0.3, -0.25) is 4.98 Å². The summed E-state index contributed by atoms with van der Waals surface area (Å²) >= 11 is 0. The number of aromatic nitrogens is 1. The monoisotopic (exact) mass is 262 g/mol. The van der Waals surface area contributed by atoms with Crippen LogP contribution in [0.2, 0.25) is 0 Å². The molecule has 1 aliphatic heterocycles. The molecular formula is C16H26N2O. The highest BCUT2D eigenvalue weighted by Crippen LogP contribution is 2.25. The van der Waals surface area contributed by atoms with Gasteiger partial charge >= 0.3 is 0 Å². The number of aliphatic hydroxyl groups is 1. The molecule has 1 saturated heterocycles. The smallest absolute Gasteiger partial charge is 0.0957 e. The van der Waals surface area contributed by atoms with E-state index in [1.54, 1.807) is 0 Å². The Morgan fingerprint density at radius 3 is 2.79 bits per heavy atom. The zero-order valence-corrected chi connectivity index (χ0v) is 12.2. The molecule has 2 unspecified atom stereocenters. The Morgan fingerprint density at radius 2 is 2.16 bits per heavy atom. The van der Waals surface area contributed by atoms with E-state index in [2.05, 4.69) is 22.9 Å². The summed E-state index contributed by atoms with van der Waals surface area (Å²) in [5.74, 6) is 0.888. The van der Waals surface area contributed by atoms with Crippen molar-refractivity contribution >= 4 is 5.69 Å². The summed E-state index contributed by atoms with van der Waals surface area (Å²) in [4.78, 5) is 6.84. The van der Waals surface area contributed by atoms with Crippen LogP contribution in [0.25, 0.3) is 0 Å². The van der Waals surface area contributed by atoms with Gasteiger partial charge in [-0.2, -0.15) is 0 Å². The fraction of sp³-hybridized carbons (Fsp3) is 0.688. The van der Waals surface area contributed by atoms with Gasteiger partial charge in [0.15, 0.2) is 0 Å². The molecule has 3 nitrogen and oxygen atoms in total. The predicted octanol–water partition coefficient (Wildman–Crippen LogP) is 3.54. The maximum Gasteiger partial charge on any atom is 0.0957 e. The summed E-state index contributed by atoms with van der Waals surface area (Å²) in [7, 11) is 0. The minimum atomic E-state index is -0.428. The average molecular weight is 262 g/mol. The third kappa shape index (κ3) is 3.69. The van der Waals surface area contributed by atoms with Gasteiger partial charge in [0.05, 0.1) is 23.7 Å². The molecule has 1 aliphatic rings. The van der Waals surface area contributed by atoms with Crippen molar-refractivity contribution in [3.05, 3.63) is 24.0 Å². The summed E-state index contributed by atoms with van der Waals surface area (Å²) in [6.45, 7) is 6.53. The zero-order chi connectivity index (χ0) is 13.7. The quantitative estimate of drug-likeness (QED) is 0.901. The van der Waals surface area contributed by atoms with Crippen LogP contribution < -0.4 is 4.90 Å². The van der Waals surface area contributed by atoms with Gasteiger partial charge in [-0.15, -0.1) is 0 Å². The molecule has 1 aromatic rings. The van der Waals surface area contributed by atoms with Crippen LogP contribution in [0.5, 0.6) is 0 Å². The van der Waals surface area contributed by atoms with Crippen LogP contribution in [0.4, 0.5) is 5.69 Å². The molecule has 2 rings (SSSR count). The molecule has 2 atom stereocenters. The van der Waals surface area contributed by atoms with E-state index in [-0.39, 0.29) is 0 Å². The molecule has 3 heteroatoms. The van der Waals surface area contributed by atoms with Gasteiger partial charge < -0.3 is 10.0 Å². The van der Waals surface area contributed by atoms with Crippen molar-refractivity contribution in [3.63, 3.8) is 0 Å². The summed E-state index contributed by atoms with van der Waals surface area (Å²) < 4.78 is 0. The molecule has 0 spiro atoms. The first-order valence-corrected chi connectivity index (χ1v) is 7.63. The highest BCUT2D eigenvalue weighted by atomic mass is 16.3. The third-order valence-electron chi connectivity index (χ3n) is 4.29. The molecule has 2 heterocycles. The maximum atomic E-state index is 9.77. The summed E-state index contributed by atoms with van der Waals surface area (Å²) in [5.41, 5.74) is 1.98. The first-order valence-electron chi connectivity index (χ1n) is 7.63. The molecule has 0 aromatic carbocycles. The largest absolute Gasteiger partial charge is 0.387 e. The maximum absolute atomic E-state index is 9.77. The van der Waals surface area contributed by atoms with Crippen molar-refractivity contribution < 1.29 is 5.11 Å². The number of hydrogen-bond donors (Lipinski definition) is 1. The molecule has 19 heavy (non-hydrogen) atoms. The van der Waals surface area contributed by atoms with Crippen molar-refractivity contribution in [1.82, 2.24) is 4.98 Å². The Morgan fingerprint density at radius 1 is 1.32 bits per heavy atom. The fourth-order valence-electron chi connectivity index (χ4n) is 2.82. The van der Waals surface area contributed by atoms with Gasteiger partial charge in [-0.1, -0.05) is 20.3 Å². The highest BCUT2D eigenvalue weighted by Gasteiger charge is 2.16. The second kappa shape index (κ2) is 6.90. The lowest BCUT2D eigenvalue weighted by Gasteiger charge is -2.23. The average Bonchev–Trinajstić information content (AvgIpc) is 2.72. The van der Waals surface area contributed by atoms with Crippen LogP contribution in [0.15, 0.2) is 18.3 Å². The van der Waals surface area contributed by atoms with Crippen LogP contribution >= 0.6 is 0 Å². The molecular weight excluding hydrogens is 236 g/mol. The van der Waals surface area contributed by atoms with Crippen LogP contribution in [0.3, 0.4) is 0 Å². The van der Waals surface area contributed by atoms with Crippen LogP contribution in [0.1, 0.15) is 57.7 Å². The number of nitrogens with zero attached hydrogens (tertiary/aromatic N) is 2. The molecule has 106 valence electrons. The molecule has 1 aromatic heterocycles. The number of aliphatic hydroxyl groups excluding tert-OH is 1. The second-order valence-electron chi connectivity index (χ2n) is 5.56. The number of rotatable bonds is 4. The van der Waals surface area contributed by atoms with Crippen molar-refractivity contribution in [1.29, 1.82) is 0 Å². The lowest BCUT2D eigenvalue weighted by atomic mass is 9.98. The second-order valence-corrected chi connectivity index (χ2v) is 5.56. The minimum Gasteiger partial charge on any atom is -0.387 e. The topological polar surface area (TPSA) is 36.4 Å². The zero-order valence-electron chi connectivity index (χ0n) is 12.2. The van der Waals surface area contributed by atoms with E-state index in [1.165, 1.54) is 31.4 Å². The molecule has 0 radical (unpaired) electrons. The standard InChI is InChI=1S/C16H26N2O/c1-3-13-6-5-10-18(11-9-13)14-7-8-15(17-12-14)16(19)4-2/h7-8,12-13,16,19H,3-6,9-11H2,1-2H3. The van der Waals surface area contributed by atoms with E-state index in [0.29, 0.717) is 6.42 Å². The van der Waals surface area contributed by atoms with E-state index in [4.69, 9.17) is 0 Å². The van der Waals surface area contributed by atoms with Gasteiger partial charge in [0, 0.05) is 13.1 Å². The third-order valence-corrected chi connectivity index (χ3v) is 4.29. The SMILES string of the molecule is CCC1CCCN(c2ccc(C(O)CC)nc2)CC1. The van der Waals surface area contributed by atoms with Gasteiger partial charge in [-0.25, -0.2) is 0 Å². The van der Waals surface area contributed by atoms with Crippen LogP contribution in [-0.2, 0) is 0 Å². The van der Waals surface area contributed by atoms with E-state index >= 15 is 0 Å². The van der Waals surface area contributed by atoms with E-state index in [9.17, 15) is 5.11 Å². The van der Waals surface area contributed by atoms with Gasteiger partial charge in [0.1, 0.15) is 0 Å². The van der Waals surface area contributed by atoms with Gasteiger partial charge in [0.25, 0.3) is 0 Å². The van der Waals surface area contributed by atoms with Crippen molar-refractivity contribution in [3.8, 4) is 0 Å². The molecule has 0 saturated carbocycles. The lowest BCUT2D eigenvalue weighted by molar-refractivity contribution is 0.169. The van der Waals surface area contributed by atoms with E-state index in [1.807, 2.05) is 19.2 Å². The Balaban J connectivity index is 2.01. The highest BCUT2D eigenvalue weighted by molar-refractivity contribution is 5.44. The van der Waals surface area contributed by atoms with Crippen molar-refractivity contribution in [2.75, 3.05) is 18.0 Å². The summed E-state index contributed by atoms with van der Waals surface area (Å²) in [6.07, 6.45) is 7.42. The van der Waals surface area contributed by atoms with Crippen molar-refractivity contribution in [2.24, 2.45) is 5.92 Å². The Kier molecular flexibility index (Phi) is 5.20. The Bertz CT molecular complexity index is 377. The molecule has 0 aliphatic carbocycles. The van der Waals surface area contributed by atoms with E-state index < -0.39 is 6.10 Å². The molecule has 1 fully saturated rings. The predicted molar refractivity (Wildman–Crippen MR) is 79.3 cm³/mol. The normalized spacial score (nSPS) is 22.1. The lowest BCUT2D eigenvalue weighted by Crippen LogP contribution is -2.24. The fourth-order valence-corrected chi connectivity index (χ4v) is 2.82. The Hall–Kier alpha value is -1.09. The molecule has 1 N–H and O–H groups in total. The van der Waals surface area contributed by atoms with Crippen LogP contribution in [0, 0.1) is 5.92 Å². The number of anilines is 1. The molecule has 0 bridgehead atoms. The van der Waals surface area contributed by atoms with Crippen molar-refractivity contribution in [2.45, 2.75) is 52.1 Å². The number of hydrogen-bond acceptors (Lipinski definition) is 3. The minimum absolute atomic E-state index is 0.428. The molecule has 0 amide bonds. The Labute approximate surface area is 116 Å². The van der Waals surface area contributed by atoms with Gasteiger partial charge in [-0.05, 0) is 43.7 Å². The summed E-state index contributed by atoms with van der Waals surface area (Å²) in [6, 6.07) is 4.07. The first kappa shape index (κ1) is 14.3. The summed E-state index contributed by atoms with van der Waals surface area (Å²) in [5, 5.41) is 9.77. The van der Waals surface area contributed by atoms with E-state index in [0.717, 1.165) is 24.7 Å². The first-order chi connectivity index (χ1) is 9.24. The van der Waals surface area contributed by atoms with Crippen LogP contribution in [-0.4, -0.2) is 23.2 Å². The van der Waals surface area contributed by atoms with Gasteiger partial charge in [0.2, 0.25) is 0 Å².